The van der Waals surface area contributed by atoms with E-state index in [9.17, 15) is 5.11 Å². The fourth-order valence-corrected chi connectivity index (χ4v) is 7.68. The van der Waals surface area contributed by atoms with Crippen molar-refractivity contribution in [2.45, 2.75) is 62.6 Å². The van der Waals surface area contributed by atoms with Gasteiger partial charge in [-0.1, -0.05) is 0 Å². The second-order valence-corrected chi connectivity index (χ2v) is 11.2. The molecule has 0 heterocycles. The third-order valence-corrected chi connectivity index (χ3v) is 9.57. The predicted molar refractivity (Wildman–Crippen MR) is 66.5 cm³/mol. The summed E-state index contributed by atoms with van der Waals surface area (Å²) in [5.74, 6) is 3.26. The van der Waals surface area contributed by atoms with Crippen LogP contribution in [0.3, 0.4) is 0 Å². The van der Waals surface area contributed by atoms with Crippen LogP contribution in [0.15, 0.2) is 0 Å². The Morgan fingerprint density at radius 3 is 2.47 bits per heavy atom. The molecule has 0 aromatic carbocycles. The van der Waals surface area contributed by atoms with Gasteiger partial charge in [0.25, 0.3) is 0 Å². The molecule has 2 aliphatic carbocycles. The van der Waals surface area contributed by atoms with E-state index in [1.807, 2.05) is 0 Å². The first kappa shape index (κ1) is 12.0. The molecule has 0 radical (unpaired) electrons. The average Bonchev–Trinajstić information content (AvgIpc) is 2.51. The quantitative estimate of drug-likeness (QED) is 0.784. The molecule has 0 spiro atoms. The molecule has 2 fully saturated rings. The second-order valence-electron chi connectivity index (χ2n) is 6.08. The fraction of sp³-hybridized carbons (Fsp3) is 1.00. The summed E-state index contributed by atoms with van der Waals surface area (Å²) in [5, 5.41) is 13.1. The maximum absolute atomic E-state index is 10.4. The van der Waals surface area contributed by atoms with Crippen molar-refractivity contribution in [1.29, 1.82) is 0 Å². The Balaban J connectivity index is 2.23. The molecule has 2 saturated carbocycles. The van der Waals surface area contributed by atoms with Crippen molar-refractivity contribution in [3.8, 4) is 0 Å². The van der Waals surface area contributed by atoms with Crippen molar-refractivity contribution >= 4 is 13.9 Å². The zero-order valence-electron chi connectivity index (χ0n) is 10.5. The van der Waals surface area contributed by atoms with Crippen LogP contribution in [0.1, 0.15) is 40.0 Å². The molecule has 0 aliphatic heterocycles. The van der Waals surface area contributed by atoms with E-state index in [1.54, 1.807) is 0 Å². The minimum atomic E-state index is -0.440. The number of aliphatic hydroxyl groups is 1. The van der Waals surface area contributed by atoms with Crippen LogP contribution in [0, 0.1) is 16.7 Å². The molecule has 2 heteroatoms. The average molecular weight is 276 g/mol. The Morgan fingerprint density at radius 1 is 1.40 bits per heavy atom. The molecular weight excluding hydrogens is 251 g/mol. The van der Waals surface area contributed by atoms with Gasteiger partial charge in [0.1, 0.15) is 0 Å². The van der Waals surface area contributed by atoms with Gasteiger partial charge >= 0.3 is 98.4 Å². The molecule has 1 nitrogen and oxygen atoms in total. The van der Waals surface area contributed by atoms with Gasteiger partial charge < -0.3 is 0 Å². The van der Waals surface area contributed by atoms with Crippen molar-refractivity contribution < 1.29 is 5.11 Å². The van der Waals surface area contributed by atoms with E-state index in [0.29, 0.717) is 10.8 Å². The van der Waals surface area contributed by atoms with Crippen LogP contribution in [0.5, 0.6) is 0 Å². The number of fused-ring (bicyclic) bond motifs is 2. The van der Waals surface area contributed by atoms with Crippen molar-refractivity contribution in [3.05, 3.63) is 0 Å². The number of hydrogen-bond donors (Lipinski definition) is 1. The van der Waals surface area contributed by atoms with Crippen LogP contribution < -0.4 is 0 Å². The first-order valence-corrected chi connectivity index (χ1v) is 10.3. The number of aliphatic hydroxyl groups excluding tert-OH is 1. The third kappa shape index (κ3) is 1.52. The zero-order chi connectivity index (χ0) is 11.3. The van der Waals surface area contributed by atoms with Gasteiger partial charge in [-0.15, -0.1) is 0 Å². The van der Waals surface area contributed by atoms with Crippen LogP contribution >= 0.6 is 0 Å². The van der Waals surface area contributed by atoms with E-state index >= 15 is 0 Å². The molecule has 88 valence electrons. The molecule has 0 saturated heterocycles. The summed E-state index contributed by atoms with van der Waals surface area (Å²) in [6.45, 7) is 7.15. The molecule has 15 heavy (non-hydrogen) atoms. The Kier molecular flexibility index (Phi) is 2.99. The molecule has 4 atom stereocenters. The van der Waals surface area contributed by atoms with Crippen LogP contribution in [0.2, 0.25) is 16.5 Å². The third-order valence-electron chi connectivity index (χ3n) is 5.39. The molecule has 0 aromatic rings. The van der Waals surface area contributed by atoms with Gasteiger partial charge in [-0.25, -0.2) is 0 Å². The summed E-state index contributed by atoms with van der Waals surface area (Å²) < 4.78 is 0. The molecule has 1 unspecified atom stereocenters. The number of hydrogen-bond acceptors (Lipinski definition) is 1. The van der Waals surface area contributed by atoms with E-state index in [-0.39, 0.29) is 6.10 Å². The topological polar surface area (TPSA) is 20.2 Å². The second kappa shape index (κ2) is 3.75. The molecule has 0 amide bonds. The van der Waals surface area contributed by atoms with E-state index in [1.165, 1.54) is 23.5 Å². The van der Waals surface area contributed by atoms with Gasteiger partial charge in [-0.3, -0.25) is 0 Å². The zero-order valence-corrected chi connectivity index (χ0v) is 12.3. The van der Waals surface area contributed by atoms with Gasteiger partial charge in [-0.2, -0.15) is 0 Å². The van der Waals surface area contributed by atoms with Crippen LogP contribution in [-0.2, 0) is 0 Å². The SMILES string of the molecule is CC[Se+](C)C[C@]12CC[C@H](C[C@H]1O)C2(C)C. The van der Waals surface area contributed by atoms with Crippen molar-refractivity contribution in [1.82, 2.24) is 0 Å². The van der Waals surface area contributed by atoms with Gasteiger partial charge in [0.15, 0.2) is 0 Å². The Labute approximate surface area is 98.5 Å². The van der Waals surface area contributed by atoms with Crippen LogP contribution in [0.25, 0.3) is 0 Å². The summed E-state index contributed by atoms with van der Waals surface area (Å²) in [6, 6.07) is 0. The molecule has 2 aliphatic rings. The van der Waals surface area contributed by atoms with Gasteiger partial charge in [0.05, 0.1) is 0 Å². The normalized spacial score (nSPS) is 44.6. The van der Waals surface area contributed by atoms with E-state index in [2.05, 4.69) is 26.6 Å². The Hall–Kier alpha value is 0.479. The van der Waals surface area contributed by atoms with Gasteiger partial charge in [0, 0.05) is 0 Å². The molecule has 1 N–H and O–H groups in total. The van der Waals surface area contributed by atoms with E-state index in [0.717, 1.165) is 12.3 Å². The summed E-state index contributed by atoms with van der Waals surface area (Å²) in [6.07, 6.45) is 3.74. The molecule has 2 rings (SSSR count). The fourth-order valence-electron chi connectivity index (χ4n) is 3.92. The maximum atomic E-state index is 10.4. The molecular formula is C13H25OSe+. The summed E-state index contributed by atoms with van der Waals surface area (Å²) in [5.41, 5.74) is 0.701. The van der Waals surface area contributed by atoms with Crippen LogP contribution in [-0.4, -0.2) is 25.1 Å². The van der Waals surface area contributed by atoms with Crippen molar-refractivity contribution in [3.63, 3.8) is 0 Å². The molecule has 0 aromatic heterocycles. The van der Waals surface area contributed by atoms with E-state index < -0.39 is 13.9 Å². The van der Waals surface area contributed by atoms with Crippen molar-refractivity contribution in [2.24, 2.45) is 16.7 Å². The first-order valence-electron chi connectivity index (χ1n) is 6.21. The Morgan fingerprint density at radius 2 is 2.07 bits per heavy atom. The van der Waals surface area contributed by atoms with Gasteiger partial charge in [-0.05, 0) is 0 Å². The van der Waals surface area contributed by atoms with Gasteiger partial charge in [0.2, 0.25) is 0 Å². The minimum absolute atomic E-state index is 0.00370. The Bertz CT molecular complexity index is 251. The standard InChI is InChI=1S/C13H25OSe/c1-5-15(4)9-13-7-6-10(8-11(13)14)12(13,2)3/h10-11,14H,5-9H2,1-4H3/q+1/t10-,11-,13-,15?/m1/s1. The van der Waals surface area contributed by atoms with Crippen LogP contribution in [0.4, 0.5) is 0 Å². The van der Waals surface area contributed by atoms with Crippen molar-refractivity contribution in [2.75, 3.05) is 0 Å². The summed E-state index contributed by atoms with van der Waals surface area (Å²) in [4.78, 5) is 0. The number of rotatable bonds is 3. The predicted octanol–water partition coefficient (Wildman–Crippen LogP) is 3.32. The molecule has 2 bridgehead atoms. The summed E-state index contributed by atoms with van der Waals surface area (Å²) >= 11 is -0.440. The first-order chi connectivity index (χ1) is 6.94. The summed E-state index contributed by atoms with van der Waals surface area (Å²) in [7, 11) is 0. The van der Waals surface area contributed by atoms with E-state index in [4.69, 9.17) is 0 Å². The monoisotopic (exact) mass is 277 g/mol.